The molecule has 0 saturated heterocycles. The highest BCUT2D eigenvalue weighted by molar-refractivity contribution is 5.47. The Bertz CT molecular complexity index is 496. The van der Waals surface area contributed by atoms with Crippen LogP contribution in [0.25, 0.3) is 0 Å². The van der Waals surface area contributed by atoms with Crippen molar-refractivity contribution in [1.29, 1.82) is 0 Å². The summed E-state index contributed by atoms with van der Waals surface area (Å²) in [7, 11) is 3.86. The molecule has 0 radical (unpaired) electrons. The second-order valence-electron chi connectivity index (χ2n) is 3.61. The Labute approximate surface area is 106 Å². The molecule has 0 amide bonds. The van der Waals surface area contributed by atoms with E-state index in [1.807, 2.05) is 47.8 Å². The van der Waals surface area contributed by atoms with Crippen molar-refractivity contribution in [3.63, 3.8) is 0 Å². The van der Waals surface area contributed by atoms with E-state index in [-0.39, 0.29) is 12.4 Å². The average molecular weight is 252 g/mol. The first-order valence-corrected chi connectivity index (χ1v) is 4.95. The van der Waals surface area contributed by atoms with Crippen molar-refractivity contribution >= 4 is 17.3 Å². The molecule has 0 unspecified atom stereocenters. The minimum atomic E-state index is 0. The third kappa shape index (κ3) is 3.04. The summed E-state index contributed by atoms with van der Waals surface area (Å²) < 4.78 is 3.81. The second-order valence-corrected chi connectivity index (χ2v) is 3.61. The van der Waals surface area contributed by atoms with E-state index in [0.717, 1.165) is 17.3 Å². The lowest BCUT2D eigenvalue weighted by atomic mass is 10.3. The van der Waals surface area contributed by atoms with Gasteiger partial charge in [0.25, 0.3) is 0 Å². The topological polar surface area (TPSA) is 60.6 Å². The summed E-state index contributed by atoms with van der Waals surface area (Å²) in [6.07, 6.45) is 3.86. The number of benzene rings is 1. The molecule has 0 aliphatic heterocycles. The van der Waals surface area contributed by atoms with E-state index in [2.05, 4.69) is 10.2 Å². The van der Waals surface area contributed by atoms with Gasteiger partial charge >= 0.3 is 5.95 Å². The number of aryl methyl sites for hydroxylation is 2. The van der Waals surface area contributed by atoms with Crippen LogP contribution in [0.1, 0.15) is 0 Å². The first-order valence-electron chi connectivity index (χ1n) is 4.95. The number of nitrogens with zero attached hydrogens (tertiary/aromatic N) is 4. The first kappa shape index (κ1) is 13.2. The van der Waals surface area contributed by atoms with Crippen molar-refractivity contribution in [1.82, 2.24) is 9.13 Å². The van der Waals surface area contributed by atoms with Crippen LogP contribution in [0.5, 0.6) is 0 Å². The first-order chi connectivity index (χ1) is 7.66. The van der Waals surface area contributed by atoms with Crippen LogP contribution in [0.15, 0.2) is 46.9 Å². The number of nitrogens with two attached hydrogens (primary N) is 1. The van der Waals surface area contributed by atoms with Gasteiger partial charge in [0.15, 0.2) is 12.4 Å². The van der Waals surface area contributed by atoms with Gasteiger partial charge in [0.2, 0.25) is 0 Å². The Hall–Kier alpha value is -1.88. The van der Waals surface area contributed by atoms with Crippen molar-refractivity contribution in [2.24, 2.45) is 24.3 Å². The number of aromatic nitrogens is 2. The van der Waals surface area contributed by atoms with Gasteiger partial charge in [-0.2, -0.15) is 0 Å². The summed E-state index contributed by atoms with van der Waals surface area (Å²) in [6.45, 7) is 0. The molecule has 0 aliphatic rings. The molecule has 0 bridgehead atoms. The van der Waals surface area contributed by atoms with E-state index in [4.69, 9.17) is 5.73 Å². The minimum absolute atomic E-state index is 0. The number of hydrogen-bond acceptors (Lipinski definition) is 3. The van der Waals surface area contributed by atoms with E-state index >= 15 is 0 Å². The van der Waals surface area contributed by atoms with Crippen molar-refractivity contribution in [2.75, 3.05) is 5.73 Å². The Morgan fingerprint density at radius 3 is 2.12 bits per heavy atom. The molecular formula is C11H14ClN5. The lowest BCUT2D eigenvalue weighted by molar-refractivity contribution is -0.00000351. The van der Waals surface area contributed by atoms with Crippen LogP contribution in [0.4, 0.5) is 17.3 Å². The van der Waals surface area contributed by atoms with E-state index in [0.29, 0.717) is 0 Å². The Morgan fingerprint density at radius 2 is 1.59 bits per heavy atom. The van der Waals surface area contributed by atoms with Crippen LogP contribution in [-0.4, -0.2) is 9.13 Å². The third-order valence-corrected chi connectivity index (χ3v) is 2.29. The summed E-state index contributed by atoms with van der Waals surface area (Å²) in [6, 6.07) is 7.28. The van der Waals surface area contributed by atoms with Gasteiger partial charge in [0.05, 0.1) is 5.69 Å². The zero-order valence-corrected chi connectivity index (χ0v) is 10.5. The van der Waals surface area contributed by atoms with Gasteiger partial charge in [-0.15, -0.1) is 5.11 Å². The van der Waals surface area contributed by atoms with Gasteiger partial charge in [-0.3, -0.25) is 0 Å². The fourth-order valence-corrected chi connectivity index (χ4v) is 1.37. The maximum atomic E-state index is 5.59. The summed E-state index contributed by atoms with van der Waals surface area (Å²) in [5, 5.41) is 8.31. The van der Waals surface area contributed by atoms with E-state index < -0.39 is 0 Å². The summed E-state index contributed by atoms with van der Waals surface area (Å²) in [5.74, 6) is 0.789. The molecule has 0 fully saturated rings. The van der Waals surface area contributed by atoms with Gasteiger partial charge in [-0.05, 0) is 29.4 Å². The fraction of sp³-hybridized carbons (Fsp3) is 0.182. The quantitative estimate of drug-likeness (QED) is 0.443. The molecule has 2 aromatic rings. The van der Waals surface area contributed by atoms with Crippen LogP contribution >= 0.6 is 0 Å². The molecule has 2 N–H and O–H groups in total. The molecule has 1 heterocycles. The third-order valence-electron chi connectivity index (χ3n) is 2.29. The molecule has 1 aromatic heterocycles. The van der Waals surface area contributed by atoms with Crippen LogP contribution in [0.2, 0.25) is 0 Å². The molecule has 0 atom stereocenters. The number of hydrogen-bond donors (Lipinski definition) is 1. The summed E-state index contributed by atoms with van der Waals surface area (Å²) in [5.41, 5.74) is 7.10. The highest BCUT2D eigenvalue weighted by atomic mass is 35.5. The van der Waals surface area contributed by atoms with Crippen LogP contribution in [-0.2, 0) is 14.1 Å². The molecule has 0 saturated carbocycles. The standard InChI is InChI=1S/C11H14N5.ClH/c1-15-7-8-16(2)11(15)14-13-10-5-3-9(12)4-6-10;/h3-8H,12H2,1-2H3;1H/q+1;/p-1. The molecular weight excluding hydrogens is 238 g/mol. The molecule has 5 nitrogen and oxygen atoms in total. The fourth-order valence-electron chi connectivity index (χ4n) is 1.37. The van der Waals surface area contributed by atoms with Crippen LogP contribution < -0.4 is 18.1 Å². The largest absolute Gasteiger partial charge is 1.00 e. The predicted octanol–water partition coefficient (Wildman–Crippen LogP) is -0.354. The monoisotopic (exact) mass is 251 g/mol. The second kappa shape index (κ2) is 5.45. The normalized spacial score (nSPS) is 10.5. The Morgan fingerprint density at radius 1 is 1.06 bits per heavy atom. The number of imidazole rings is 1. The van der Waals surface area contributed by atoms with Crippen molar-refractivity contribution in [2.45, 2.75) is 0 Å². The number of rotatable bonds is 2. The summed E-state index contributed by atoms with van der Waals surface area (Å²) in [4.78, 5) is 0. The molecule has 90 valence electrons. The highest BCUT2D eigenvalue weighted by Gasteiger charge is 2.07. The molecule has 0 aliphatic carbocycles. The van der Waals surface area contributed by atoms with Gasteiger partial charge in [-0.25, -0.2) is 9.13 Å². The number of halogens is 1. The average Bonchev–Trinajstić information content (AvgIpc) is 2.59. The zero-order chi connectivity index (χ0) is 11.5. The predicted molar refractivity (Wildman–Crippen MR) is 63.8 cm³/mol. The number of azo groups is 1. The molecule has 1 aromatic carbocycles. The van der Waals surface area contributed by atoms with E-state index in [1.54, 1.807) is 12.1 Å². The smallest absolute Gasteiger partial charge is 0.334 e. The molecule has 17 heavy (non-hydrogen) atoms. The van der Waals surface area contributed by atoms with Gasteiger partial charge in [0.1, 0.15) is 0 Å². The van der Waals surface area contributed by atoms with Gasteiger partial charge < -0.3 is 18.1 Å². The molecule has 6 heteroatoms. The minimum Gasteiger partial charge on any atom is -1.00 e. The van der Waals surface area contributed by atoms with Crippen molar-refractivity contribution in [3.8, 4) is 0 Å². The van der Waals surface area contributed by atoms with Crippen molar-refractivity contribution < 1.29 is 12.4 Å². The molecule has 2 rings (SSSR count). The highest BCUT2D eigenvalue weighted by Crippen LogP contribution is 2.18. The SMILES string of the molecule is Cn1ccn(C)[c+]1N=Nc1ccc(N)cc1.[Cl-]. The Balaban J connectivity index is 0.00000144. The lowest BCUT2D eigenvalue weighted by Gasteiger charge is -1.93. The van der Waals surface area contributed by atoms with E-state index in [9.17, 15) is 0 Å². The van der Waals surface area contributed by atoms with Crippen LogP contribution in [0, 0.1) is 0 Å². The van der Waals surface area contributed by atoms with Crippen molar-refractivity contribution in [3.05, 3.63) is 36.7 Å². The van der Waals surface area contributed by atoms with Gasteiger partial charge in [-0.1, -0.05) is 0 Å². The lowest BCUT2D eigenvalue weighted by Crippen LogP contribution is -3.00. The maximum Gasteiger partial charge on any atom is 0.334 e. The van der Waals surface area contributed by atoms with Crippen LogP contribution in [0.3, 0.4) is 0 Å². The number of nitrogen functional groups attached to an aromatic ring is 1. The zero-order valence-electron chi connectivity index (χ0n) is 9.71. The van der Waals surface area contributed by atoms with Gasteiger partial charge in [0, 0.05) is 19.8 Å². The number of anilines is 1. The Kier molecular flexibility index (Phi) is 4.23. The molecule has 0 spiro atoms. The van der Waals surface area contributed by atoms with E-state index in [1.165, 1.54) is 0 Å². The maximum absolute atomic E-state index is 5.59. The summed E-state index contributed by atoms with van der Waals surface area (Å²) >= 11 is 0.